The number of benzene rings is 1. The van der Waals surface area contributed by atoms with Gasteiger partial charge in [-0.2, -0.15) is 0 Å². The summed E-state index contributed by atoms with van der Waals surface area (Å²) in [7, 11) is 0. The van der Waals surface area contributed by atoms with Crippen LogP contribution in [-0.4, -0.2) is 40.7 Å². The number of rotatable bonds is 5. The SMILES string of the molecule is O=C(O)C1CCC1C(=O)N1CCC(CSc2ccccc2)C1. The summed E-state index contributed by atoms with van der Waals surface area (Å²) >= 11 is 1.83. The minimum atomic E-state index is -0.819. The van der Waals surface area contributed by atoms with Crippen LogP contribution in [0.5, 0.6) is 0 Å². The van der Waals surface area contributed by atoms with Crippen molar-refractivity contribution in [3.05, 3.63) is 30.3 Å². The van der Waals surface area contributed by atoms with Gasteiger partial charge in [0.25, 0.3) is 0 Å². The lowest BCUT2D eigenvalue weighted by atomic mass is 9.73. The Bertz CT molecular complexity index is 548. The number of likely N-dealkylation sites (tertiary alicyclic amines) is 1. The molecule has 3 atom stereocenters. The number of hydrogen-bond acceptors (Lipinski definition) is 3. The van der Waals surface area contributed by atoms with E-state index in [4.69, 9.17) is 5.11 Å². The van der Waals surface area contributed by atoms with E-state index in [1.54, 1.807) is 0 Å². The zero-order valence-electron chi connectivity index (χ0n) is 12.5. The number of hydrogen-bond donors (Lipinski definition) is 1. The summed E-state index contributed by atoms with van der Waals surface area (Å²) in [6, 6.07) is 10.3. The largest absolute Gasteiger partial charge is 0.481 e. The maximum atomic E-state index is 12.4. The molecule has 3 unspecified atom stereocenters. The van der Waals surface area contributed by atoms with Gasteiger partial charge in [-0.15, -0.1) is 11.8 Å². The molecule has 0 bridgehead atoms. The van der Waals surface area contributed by atoms with E-state index < -0.39 is 11.9 Å². The van der Waals surface area contributed by atoms with Gasteiger partial charge in [0.05, 0.1) is 11.8 Å². The summed E-state index contributed by atoms with van der Waals surface area (Å²) in [5.41, 5.74) is 0. The highest BCUT2D eigenvalue weighted by atomic mass is 32.2. The molecule has 0 spiro atoms. The molecule has 1 aliphatic heterocycles. The third kappa shape index (κ3) is 3.29. The van der Waals surface area contributed by atoms with E-state index in [0.29, 0.717) is 12.3 Å². The first-order chi connectivity index (χ1) is 10.6. The second-order valence-corrected chi connectivity index (χ2v) is 7.28. The van der Waals surface area contributed by atoms with Crippen LogP contribution in [0.4, 0.5) is 0 Å². The molecule has 1 heterocycles. The minimum absolute atomic E-state index is 0.0610. The molecular weight excluding hydrogens is 298 g/mol. The monoisotopic (exact) mass is 319 g/mol. The molecule has 2 fully saturated rings. The molecule has 1 aliphatic carbocycles. The van der Waals surface area contributed by atoms with E-state index >= 15 is 0 Å². The van der Waals surface area contributed by atoms with E-state index in [2.05, 4.69) is 12.1 Å². The summed E-state index contributed by atoms with van der Waals surface area (Å²) in [5.74, 6) is 0.0347. The van der Waals surface area contributed by atoms with Crippen LogP contribution in [0.15, 0.2) is 35.2 Å². The van der Waals surface area contributed by atoms with E-state index in [9.17, 15) is 9.59 Å². The van der Waals surface area contributed by atoms with Crippen LogP contribution in [-0.2, 0) is 9.59 Å². The van der Waals surface area contributed by atoms with Crippen molar-refractivity contribution < 1.29 is 14.7 Å². The highest BCUT2D eigenvalue weighted by Crippen LogP contribution is 2.37. The van der Waals surface area contributed by atoms with Crippen molar-refractivity contribution in [1.29, 1.82) is 0 Å². The first kappa shape index (κ1) is 15.4. The summed E-state index contributed by atoms with van der Waals surface area (Å²) in [6.45, 7) is 1.56. The summed E-state index contributed by atoms with van der Waals surface area (Å²) < 4.78 is 0. The van der Waals surface area contributed by atoms with Gasteiger partial charge in [-0.25, -0.2) is 0 Å². The van der Waals surface area contributed by atoms with Gasteiger partial charge in [-0.05, 0) is 37.3 Å². The van der Waals surface area contributed by atoms with Crippen LogP contribution < -0.4 is 0 Å². The molecule has 4 nitrogen and oxygen atoms in total. The lowest BCUT2D eigenvalue weighted by Gasteiger charge is -2.35. The van der Waals surface area contributed by atoms with Gasteiger partial charge in [-0.1, -0.05) is 18.2 Å². The number of nitrogens with zero attached hydrogens (tertiary/aromatic N) is 1. The third-order valence-electron chi connectivity index (χ3n) is 4.74. The first-order valence-electron chi connectivity index (χ1n) is 7.84. The van der Waals surface area contributed by atoms with E-state index in [1.165, 1.54) is 4.90 Å². The Morgan fingerprint density at radius 3 is 2.50 bits per heavy atom. The van der Waals surface area contributed by atoms with Crippen molar-refractivity contribution in [1.82, 2.24) is 4.90 Å². The molecule has 0 radical (unpaired) electrons. The fourth-order valence-corrected chi connectivity index (χ4v) is 4.28. The van der Waals surface area contributed by atoms with E-state index in [1.807, 2.05) is 34.9 Å². The third-order valence-corrected chi connectivity index (χ3v) is 5.98. The molecule has 1 saturated carbocycles. The predicted octanol–water partition coefficient (Wildman–Crippen LogP) is 2.74. The fraction of sp³-hybridized carbons (Fsp3) is 0.529. The predicted molar refractivity (Wildman–Crippen MR) is 85.7 cm³/mol. The fourth-order valence-electron chi connectivity index (χ4n) is 3.23. The normalized spacial score (nSPS) is 27.5. The highest BCUT2D eigenvalue weighted by molar-refractivity contribution is 7.99. The van der Waals surface area contributed by atoms with Crippen molar-refractivity contribution in [2.24, 2.45) is 17.8 Å². The molecule has 1 aromatic carbocycles. The molecule has 1 aromatic rings. The maximum Gasteiger partial charge on any atom is 0.307 e. The Morgan fingerprint density at radius 2 is 1.86 bits per heavy atom. The van der Waals surface area contributed by atoms with Gasteiger partial charge < -0.3 is 10.0 Å². The van der Waals surface area contributed by atoms with Crippen molar-refractivity contribution >= 4 is 23.6 Å². The van der Waals surface area contributed by atoms with E-state index in [0.717, 1.165) is 31.7 Å². The number of thioether (sulfide) groups is 1. The molecule has 1 N–H and O–H groups in total. The Labute approximate surface area is 134 Å². The summed E-state index contributed by atoms with van der Waals surface area (Å²) in [6.07, 6.45) is 2.40. The Balaban J connectivity index is 1.48. The molecule has 2 aliphatic rings. The molecule has 118 valence electrons. The lowest BCUT2D eigenvalue weighted by Crippen LogP contribution is -2.45. The van der Waals surface area contributed by atoms with Crippen LogP contribution in [0.3, 0.4) is 0 Å². The van der Waals surface area contributed by atoms with Gasteiger partial charge in [-0.3, -0.25) is 9.59 Å². The van der Waals surface area contributed by atoms with Gasteiger partial charge in [0.1, 0.15) is 0 Å². The smallest absolute Gasteiger partial charge is 0.307 e. The number of amides is 1. The molecule has 1 amide bonds. The average molecular weight is 319 g/mol. The molecular formula is C17H21NO3S. The second kappa shape index (κ2) is 6.73. The standard InChI is InChI=1S/C17H21NO3S/c19-16(14-6-7-15(14)17(20)21)18-9-8-12(10-18)11-22-13-4-2-1-3-5-13/h1-5,12,14-15H,6-11H2,(H,20,21). The van der Waals surface area contributed by atoms with Crippen molar-refractivity contribution in [3.63, 3.8) is 0 Å². The number of carboxylic acids is 1. The van der Waals surface area contributed by atoms with E-state index in [-0.39, 0.29) is 11.8 Å². The summed E-state index contributed by atoms with van der Waals surface area (Å²) in [4.78, 5) is 26.6. The summed E-state index contributed by atoms with van der Waals surface area (Å²) in [5, 5.41) is 9.08. The number of carboxylic acid groups (broad SMARTS) is 1. The van der Waals surface area contributed by atoms with Crippen molar-refractivity contribution in [2.75, 3.05) is 18.8 Å². The lowest BCUT2D eigenvalue weighted by molar-refractivity contribution is -0.156. The van der Waals surface area contributed by atoms with Gasteiger partial charge in [0, 0.05) is 23.7 Å². The Kier molecular flexibility index (Phi) is 4.71. The van der Waals surface area contributed by atoms with Crippen LogP contribution >= 0.6 is 11.8 Å². The number of carbonyl (C=O) groups is 2. The zero-order chi connectivity index (χ0) is 15.5. The highest BCUT2D eigenvalue weighted by Gasteiger charge is 2.44. The average Bonchev–Trinajstić information content (AvgIpc) is 2.93. The molecule has 1 saturated heterocycles. The van der Waals surface area contributed by atoms with Gasteiger partial charge in [0.15, 0.2) is 0 Å². The number of carbonyl (C=O) groups excluding carboxylic acids is 1. The maximum absolute atomic E-state index is 12.4. The first-order valence-corrected chi connectivity index (χ1v) is 8.83. The van der Waals surface area contributed by atoms with Crippen molar-refractivity contribution in [3.8, 4) is 0 Å². The van der Waals surface area contributed by atoms with Crippen LogP contribution in [0.25, 0.3) is 0 Å². The second-order valence-electron chi connectivity index (χ2n) is 6.19. The Hall–Kier alpha value is -1.49. The molecule has 22 heavy (non-hydrogen) atoms. The van der Waals surface area contributed by atoms with Gasteiger partial charge >= 0.3 is 5.97 Å². The van der Waals surface area contributed by atoms with Gasteiger partial charge in [0.2, 0.25) is 5.91 Å². The minimum Gasteiger partial charge on any atom is -0.481 e. The van der Waals surface area contributed by atoms with Crippen LogP contribution in [0, 0.1) is 17.8 Å². The van der Waals surface area contributed by atoms with Crippen molar-refractivity contribution in [2.45, 2.75) is 24.2 Å². The number of aliphatic carboxylic acids is 1. The van der Waals surface area contributed by atoms with Crippen LogP contribution in [0.2, 0.25) is 0 Å². The topological polar surface area (TPSA) is 57.6 Å². The zero-order valence-corrected chi connectivity index (χ0v) is 13.3. The molecule has 0 aromatic heterocycles. The molecule has 3 rings (SSSR count). The molecule has 5 heteroatoms. The van der Waals surface area contributed by atoms with Crippen LogP contribution in [0.1, 0.15) is 19.3 Å². The Morgan fingerprint density at radius 1 is 1.14 bits per heavy atom. The quantitative estimate of drug-likeness (QED) is 0.848.